The molecule has 1 unspecified atom stereocenters. The first-order valence-corrected chi connectivity index (χ1v) is 5.31. The molecule has 0 aliphatic heterocycles. The summed E-state index contributed by atoms with van der Waals surface area (Å²) < 4.78 is 10.3. The van der Waals surface area contributed by atoms with E-state index in [1.807, 2.05) is 20.8 Å². The molecule has 0 aromatic carbocycles. The number of rotatable bonds is 6. The van der Waals surface area contributed by atoms with Gasteiger partial charge in [0, 0.05) is 13.0 Å². The van der Waals surface area contributed by atoms with Crippen LogP contribution in [-0.4, -0.2) is 23.4 Å². The first-order chi connectivity index (χ1) is 7.15. The number of nitrogens with two attached hydrogens (primary N) is 1. The minimum absolute atomic E-state index is 0.182. The summed E-state index contributed by atoms with van der Waals surface area (Å²) >= 11 is 0. The van der Waals surface area contributed by atoms with Crippen LogP contribution < -0.4 is 5.73 Å². The van der Waals surface area contributed by atoms with Crippen LogP contribution in [0.1, 0.15) is 38.5 Å². The third-order valence-corrected chi connectivity index (χ3v) is 2.16. The lowest BCUT2D eigenvalue weighted by Crippen LogP contribution is -2.17. The smallest absolute Gasteiger partial charge is 0.243 e. The molecule has 1 rings (SSSR count). The van der Waals surface area contributed by atoms with E-state index in [0.29, 0.717) is 37.3 Å². The molecule has 0 amide bonds. The summed E-state index contributed by atoms with van der Waals surface area (Å²) in [6.45, 7) is 7.32. The summed E-state index contributed by atoms with van der Waals surface area (Å²) in [7, 11) is 0. The molecule has 1 aromatic heterocycles. The van der Waals surface area contributed by atoms with Crippen LogP contribution in [0.5, 0.6) is 0 Å². The first kappa shape index (κ1) is 12.1. The van der Waals surface area contributed by atoms with Crippen molar-refractivity contribution in [2.24, 2.45) is 11.7 Å². The molecule has 0 fully saturated rings. The average Bonchev–Trinajstić information content (AvgIpc) is 2.65. The second-order valence-electron chi connectivity index (χ2n) is 3.77. The molecular weight excluding hydrogens is 194 g/mol. The van der Waals surface area contributed by atoms with Crippen LogP contribution in [0.2, 0.25) is 0 Å². The number of nitrogens with zero attached hydrogens (tertiary/aromatic N) is 2. The SMILES string of the molecule is CCOCCc1noc(C(N)C(C)C)n1. The Morgan fingerprint density at radius 1 is 1.47 bits per heavy atom. The lowest BCUT2D eigenvalue weighted by atomic mass is 10.1. The molecular formula is C10H19N3O2. The lowest BCUT2D eigenvalue weighted by molar-refractivity contribution is 0.149. The monoisotopic (exact) mass is 213 g/mol. The molecule has 0 bridgehead atoms. The third kappa shape index (κ3) is 3.60. The molecule has 0 saturated heterocycles. The standard InChI is InChI=1S/C10H19N3O2/c1-4-14-6-5-8-12-10(15-13-8)9(11)7(2)3/h7,9H,4-6,11H2,1-3H3. The number of ether oxygens (including phenoxy) is 1. The van der Waals surface area contributed by atoms with Gasteiger partial charge in [0.25, 0.3) is 0 Å². The molecule has 5 heteroatoms. The third-order valence-electron chi connectivity index (χ3n) is 2.16. The Kier molecular flexibility index (Phi) is 4.71. The van der Waals surface area contributed by atoms with Crippen molar-refractivity contribution >= 4 is 0 Å². The van der Waals surface area contributed by atoms with Gasteiger partial charge in [0.2, 0.25) is 5.89 Å². The Morgan fingerprint density at radius 2 is 2.20 bits per heavy atom. The highest BCUT2D eigenvalue weighted by Gasteiger charge is 2.17. The Labute approximate surface area is 90.0 Å². The van der Waals surface area contributed by atoms with E-state index in [9.17, 15) is 0 Å². The van der Waals surface area contributed by atoms with Crippen LogP contribution in [-0.2, 0) is 11.2 Å². The van der Waals surface area contributed by atoms with E-state index in [1.54, 1.807) is 0 Å². The van der Waals surface area contributed by atoms with Gasteiger partial charge in [-0.1, -0.05) is 19.0 Å². The summed E-state index contributed by atoms with van der Waals surface area (Å²) in [4.78, 5) is 4.22. The summed E-state index contributed by atoms with van der Waals surface area (Å²) in [5, 5.41) is 3.85. The van der Waals surface area contributed by atoms with Crippen LogP contribution >= 0.6 is 0 Å². The van der Waals surface area contributed by atoms with E-state index >= 15 is 0 Å². The van der Waals surface area contributed by atoms with Crippen LogP contribution in [0.4, 0.5) is 0 Å². The summed E-state index contributed by atoms with van der Waals surface area (Å²) in [5.74, 6) is 1.47. The second-order valence-corrected chi connectivity index (χ2v) is 3.77. The molecule has 1 aromatic rings. The zero-order valence-corrected chi connectivity index (χ0v) is 9.56. The fourth-order valence-electron chi connectivity index (χ4n) is 1.10. The molecule has 5 nitrogen and oxygen atoms in total. The van der Waals surface area contributed by atoms with Gasteiger partial charge in [-0.05, 0) is 12.8 Å². The lowest BCUT2D eigenvalue weighted by Gasteiger charge is -2.09. The predicted molar refractivity (Wildman–Crippen MR) is 56.3 cm³/mol. The van der Waals surface area contributed by atoms with Crippen LogP contribution in [0.25, 0.3) is 0 Å². The Balaban J connectivity index is 2.48. The zero-order valence-electron chi connectivity index (χ0n) is 9.56. The summed E-state index contributed by atoms with van der Waals surface area (Å²) in [6.07, 6.45) is 0.669. The fraction of sp³-hybridized carbons (Fsp3) is 0.800. The van der Waals surface area contributed by atoms with E-state index in [0.717, 1.165) is 0 Å². The average molecular weight is 213 g/mol. The fourth-order valence-corrected chi connectivity index (χ4v) is 1.10. The molecule has 1 atom stereocenters. The van der Waals surface area contributed by atoms with Crippen molar-refractivity contribution in [1.29, 1.82) is 0 Å². The Bertz CT molecular complexity index is 286. The van der Waals surface area contributed by atoms with Crippen molar-refractivity contribution in [3.63, 3.8) is 0 Å². The van der Waals surface area contributed by atoms with E-state index in [4.69, 9.17) is 15.0 Å². The summed E-state index contributed by atoms with van der Waals surface area (Å²) in [6, 6.07) is -0.182. The van der Waals surface area contributed by atoms with Crippen LogP contribution in [0.15, 0.2) is 4.52 Å². The zero-order chi connectivity index (χ0) is 11.3. The van der Waals surface area contributed by atoms with Gasteiger partial charge in [-0.3, -0.25) is 0 Å². The van der Waals surface area contributed by atoms with Gasteiger partial charge in [-0.25, -0.2) is 0 Å². The molecule has 0 saturated carbocycles. The van der Waals surface area contributed by atoms with Crippen molar-refractivity contribution in [2.45, 2.75) is 33.2 Å². The van der Waals surface area contributed by atoms with Gasteiger partial charge in [0.15, 0.2) is 5.82 Å². The van der Waals surface area contributed by atoms with E-state index in [1.165, 1.54) is 0 Å². The Hall–Kier alpha value is -0.940. The van der Waals surface area contributed by atoms with Crippen molar-refractivity contribution < 1.29 is 9.26 Å². The van der Waals surface area contributed by atoms with E-state index in [2.05, 4.69) is 10.1 Å². The largest absolute Gasteiger partial charge is 0.381 e. The molecule has 86 valence electrons. The van der Waals surface area contributed by atoms with Gasteiger partial charge in [0.1, 0.15) is 0 Å². The quantitative estimate of drug-likeness (QED) is 0.721. The van der Waals surface area contributed by atoms with Gasteiger partial charge in [-0.2, -0.15) is 4.98 Å². The number of hydrogen-bond acceptors (Lipinski definition) is 5. The van der Waals surface area contributed by atoms with Gasteiger partial charge < -0.3 is 15.0 Å². The maximum atomic E-state index is 5.88. The maximum absolute atomic E-state index is 5.88. The molecule has 0 aliphatic carbocycles. The van der Waals surface area contributed by atoms with E-state index < -0.39 is 0 Å². The minimum Gasteiger partial charge on any atom is -0.381 e. The van der Waals surface area contributed by atoms with Crippen molar-refractivity contribution in [2.75, 3.05) is 13.2 Å². The number of hydrogen-bond donors (Lipinski definition) is 1. The molecule has 2 N–H and O–H groups in total. The molecule has 0 spiro atoms. The highest BCUT2D eigenvalue weighted by Crippen LogP contribution is 2.16. The van der Waals surface area contributed by atoms with Crippen LogP contribution in [0.3, 0.4) is 0 Å². The summed E-state index contributed by atoms with van der Waals surface area (Å²) in [5.41, 5.74) is 5.88. The minimum atomic E-state index is -0.182. The van der Waals surface area contributed by atoms with E-state index in [-0.39, 0.29) is 6.04 Å². The number of aromatic nitrogens is 2. The van der Waals surface area contributed by atoms with Crippen molar-refractivity contribution in [1.82, 2.24) is 10.1 Å². The predicted octanol–water partition coefficient (Wildman–Crippen LogP) is 1.30. The van der Waals surface area contributed by atoms with Crippen LogP contribution in [0, 0.1) is 5.92 Å². The second kappa shape index (κ2) is 5.82. The molecule has 0 aliphatic rings. The molecule has 0 radical (unpaired) electrons. The highest BCUT2D eigenvalue weighted by atomic mass is 16.5. The molecule has 1 heterocycles. The topological polar surface area (TPSA) is 74.2 Å². The van der Waals surface area contributed by atoms with Crippen molar-refractivity contribution in [3.8, 4) is 0 Å². The maximum Gasteiger partial charge on any atom is 0.243 e. The Morgan fingerprint density at radius 3 is 2.80 bits per heavy atom. The van der Waals surface area contributed by atoms with Gasteiger partial charge >= 0.3 is 0 Å². The molecule has 15 heavy (non-hydrogen) atoms. The van der Waals surface area contributed by atoms with Crippen molar-refractivity contribution in [3.05, 3.63) is 11.7 Å². The van der Waals surface area contributed by atoms with Gasteiger partial charge in [0.05, 0.1) is 12.6 Å². The van der Waals surface area contributed by atoms with Gasteiger partial charge in [-0.15, -0.1) is 0 Å². The normalized spacial score (nSPS) is 13.4. The first-order valence-electron chi connectivity index (χ1n) is 5.31. The highest BCUT2D eigenvalue weighted by molar-refractivity contribution is 4.93.